The molecule has 0 aliphatic carbocycles. The van der Waals surface area contributed by atoms with E-state index in [4.69, 9.17) is 0 Å². The smallest absolute Gasteiger partial charge is 0.319 e. The minimum Gasteiger partial charge on any atom is -0.319 e. The molecule has 1 aromatic heterocycles. The average molecular weight is 399 g/mol. The molecule has 0 radical (unpaired) electrons. The van der Waals surface area contributed by atoms with E-state index in [2.05, 4.69) is 12.2 Å². The van der Waals surface area contributed by atoms with Gasteiger partial charge in [-0.15, -0.1) is 11.3 Å². The molecule has 2 heterocycles. The van der Waals surface area contributed by atoms with Gasteiger partial charge in [0.2, 0.25) is 0 Å². The molecule has 0 spiro atoms. The Labute approximate surface area is 169 Å². The minimum atomic E-state index is -1.10. The van der Waals surface area contributed by atoms with Crippen molar-refractivity contribution < 1.29 is 14.4 Å². The molecule has 1 saturated heterocycles. The molecule has 1 aliphatic heterocycles. The topological polar surface area (TPSA) is 66.5 Å². The molecule has 1 aliphatic rings. The first-order valence-corrected chi connectivity index (χ1v) is 10.6. The van der Waals surface area contributed by atoms with Gasteiger partial charge in [-0.2, -0.15) is 0 Å². The highest BCUT2D eigenvalue weighted by Gasteiger charge is 2.50. The third kappa shape index (κ3) is 4.17. The number of imide groups is 1. The standard InChI is InChI=1S/C22H26N2O3S/c1-3-4-5-6-8-16-10-12-17(13-11-16)18(25)15-24-20(26)22(2,23-21(24)27)19-9-7-14-28-19/h7,9-14H,3-6,8,15H2,1-2H3,(H,23,27). The van der Waals surface area contributed by atoms with Crippen molar-refractivity contribution in [1.82, 2.24) is 10.2 Å². The molecule has 148 valence electrons. The molecule has 3 amide bonds. The molecule has 28 heavy (non-hydrogen) atoms. The predicted octanol–water partition coefficient (Wildman–Crippen LogP) is 4.52. The van der Waals surface area contributed by atoms with Crippen LogP contribution in [0.3, 0.4) is 0 Å². The van der Waals surface area contributed by atoms with E-state index < -0.39 is 11.6 Å². The summed E-state index contributed by atoms with van der Waals surface area (Å²) >= 11 is 1.41. The van der Waals surface area contributed by atoms with Gasteiger partial charge in [-0.05, 0) is 36.8 Å². The van der Waals surface area contributed by atoms with Crippen LogP contribution in [0.4, 0.5) is 4.79 Å². The molecule has 6 heteroatoms. The summed E-state index contributed by atoms with van der Waals surface area (Å²) in [5, 5.41) is 4.59. The predicted molar refractivity (Wildman–Crippen MR) is 111 cm³/mol. The van der Waals surface area contributed by atoms with Crippen LogP contribution in [0.15, 0.2) is 41.8 Å². The fourth-order valence-electron chi connectivity index (χ4n) is 3.42. The Kier molecular flexibility index (Phi) is 6.29. The Morgan fingerprint density at radius 2 is 1.86 bits per heavy atom. The number of hydrogen-bond acceptors (Lipinski definition) is 4. The summed E-state index contributed by atoms with van der Waals surface area (Å²) in [6.45, 7) is 3.62. The second-order valence-electron chi connectivity index (χ2n) is 7.35. The summed E-state index contributed by atoms with van der Waals surface area (Å²) in [6, 6.07) is 10.6. The van der Waals surface area contributed by atoms with Crippen LogP contribution in [0.1, 0.15) is 60.3 Å². The molecule has 1 N–H and O–H groups in total. The third-order valence-electron chi connectivity index (χ3n) is 5.19. The maximum Gasteiger partial charge on any atom is 0.325 e. The number of Topliss-reactive ketones (excluding diaryl/α,β-unsaturated/α-hetero) is 1. The first-order valence-electron chi connectivity index (χ1n) is 9.76. The number of amides is 3. The fourth-order valence-corrected chi connectivity index (χ4v) is 4.25. The highest BCUT2D eigenvalue weighted by atomic mass is 32.1. The Hall–Kier alpha value is -2.47. The largest absolute Gasteiger partial charge is 0.325 e. The monoisotopic (exact) mass is 398 g/mol. The number of carbonyl (C=O) groups excluding carboxylic acids is 3. The van der Waals surface area contributed by atoms with E-state index in [1.165, 1.54) is 36.2 Å². The summed E-state index contributed by atoms with van der Waals surface area (Å²) in [6.07, 6.45) is 5.81. The summed E-state index contributed by atoms with van der Waals surface area (Å²) < 4.78 is 0. The maximum absolute atomic E-state index is 12.8. The summed E-state index contributed by atoms with van der Waals surface area (Å²) in [5.41, 5.74) is 0.615. The second-order valence-corrected chi connectivity index (χ2v) is 8.30. The number of benzene rings is 1. The Morgan fingerprint density at radius 1 is 1.11 bits per heavy atom. The molecule has 3 rings (SSSR count). The number of rotatable bonds is 9. The Bertz CT molecular complexity index is 845. The van der Waals surface area contributed by atoms with Crippen molar-refractivity contribution >= 4 is 29.1 Å². The number of thiophene rings is 1. The van der Waals surface area contributed by atoms with Gasteiger partial charge in [-0.25, -0.2) is 4.79 Å². The van der Waals surface area contributed by atoms with Gasteiger partial charge in [0, 0.05) is 10.4 Å². The number of unbranched alkanes of at least 4 members (excludes halogenated alkanes) is 3. The molecule has 0 saturated carbocycles. The number of nitrogens with one attached hydrogen (secondary N) is 1. The molecule has 1 atom stereocenters. The van der Waals surface area contributed by atoms with E-state index in [0.29, 0.717) is 5.56 Å². The third-order valence-corrected chi connectivity index (χ3v) is 6.28. The zero-order valence-electron chi connectivity index (χ0n) is 16.4. The first kappa shape index (κ1) is 20.3. The highest BCUT2D eigenvalue weighted by molar-refractivity contribution is 7.10. The molecular weight excluding hydrogens is 372 g/mol. The van der Waals surface area contributed by atoms with Crippen molar-refractivity contribution in [3.05, 3.63) is 57.8 Å². The quantitative estimate of drug-likeness (QED) is 0.384. The van der Waals surface area contributed by atoms with E-state index >= 15 is 0 Å². The maximum atomic E-state index is 12.8. The van der Waals surface area contributed by atoms with Gasteiger partial charge in [0.25, 0.3) is 5.91 Å². The van der Waals surface area contributed by atoms with E-state index in [-0.39, 0.29) is 18.2 Å². The van der Waals surface area contributed by atoms with E-state index in [0.717, 1.165) is 22.6 Å². The normalized spacial score (nSPS) is 19.1. The van der Waals surface area contributed by atoms with Gasteiger partial charge in [0.15, 0.2) is 11.3 Å². The van der Waals surface area contributed by atoms with E-state index in [1.54, 1.807) is 19.1 Å². The van der Waals surface area contributed by atoms with Crippen molar-refractivity contribution in [1.29, 1.82) is 0 Å². The summed E-state index contributed by atoms with van der Waals surface area (Å²) in [5.74, 6) is -0.627. The van der Waals surface area contributed by atoms with Gasteiger partial charge >= 0.3 is 6.03 Å². The summed E-state index contributed by atoms with van der Waals surface area (Å²) in [4.78, 5) is 39.6. The molecule has 1 fully saturated rings. The van der Waals surface area contributed by atoms with Crippen molar-refractivity contribution in [2.75, 3.05) is 6.54 Å². The van der Waals surface area contributed by atoms with Crippen LogP contribution in [-0.2, 0) is 16.8 Å². The zero-order chi connectivity index (χ0) is 20.1. The first-order chi connectivity index (χ1) is 13.5. The lowest BCUT2D eigenvalue weighted by Gasteiger charge is -2.19. The van der Waals surface area contributed by atoms with Crippen molar-refractivity contribution in [2.24, 2.45) is 0 Å². The molecule has 5 nitrogen and oxygen atoms in total. The van der Waals surface area contributed by atoms with E-state index in [1.807, 2.05) is 29.6 Å². The lowest BCUT2D eigenvalue weighted by atomic mass is 10.00. The second kappa shape index (κ2) is 8.69. The van der Waals surface area contributed by atoms with E-state index in [9.17, 15) is 14.4 Å². The van der Waals surface area contributed by atoms with Crippen LogP contribution in [0.25, 0.3) is 0 Å². The Balaban J connectivity index is 1.63. The van der Waals surface area contributed by atoms with Gasteiger partial charge < -0.3 is 5.32 Å². The minimum absolute atomic E-state index is 0.239. The number of ketones is 1. The molecule has 1 unspecified atom stereocenters. The van der Waals surface area contributed by atoms with Gasteiger partial charge in [-0.3, -0.25) is 14.5 Å². The molecule has 0 bridgehead atoms. The number of nitrogens with zero attached hydrogens (tertiary/aromatic N) is 1. The van der Waals surface area contributed by atoms with Crippen molar-refractivity contribution in [3.63, 3.8) is 0 Å². The van der Waals surface area contributed by atoms with Crippen LogP contribution >= 0.6 is 11.3 Å². The molecule has 1 aromatic carbocycles. The lowest BCUT2D eigenvalue weighted by molar-refractivity contribution is -0.130. The molecular formula is C22H26N2O3S. The SMILES string of the molecule is CCCCCCc1ccc(C(=O)CN2C(=O)NC(C)(c3cccs3)C2=O)cc1. The average Bonchev–Trinajstić information content (AvgIpc) is 3.30. The fraction of sp³-hybridized carbons (Fsp3) is 0.409. The van der Waals surface area contributed by atoms with Crippen molar-refractivity contribution in [2.45, 2.75) is 51.5 Å². The lowest BCUT2D eigenvalue weighted by Crippen LogP contribution is -2.40. The van der Waals surface area contributed by atoms with Crippen molar-refractivity contribution in [3.8, 4) is 0 Å². The zero-order valence-corrected chi connectivity index (χ0v) is 17.2. The number of hydrogen-bond donors (Lipinski definition) is 1. The Morgan fingerprint density at radius 3 is 2.50 bits per heavy atom. The number of urea groups is 1. The highest BCUT2D eigenvalue weighted by Crippen LogP contribution is 2.31. The number of carbonyl (C=O) groups is 3. The van der Waals surface area contributed by atoms with Gasteiger partial charge in [0.05, 0.1) is 6.54 Å². The van der Waals surface area contributed by atoms with Crippen LogP contribution in [0.2, 0.25) is 0 Å². The van der Waals surface area contributed by atoms with Gasteiger partial charge in [-0.1, -0.05) is 56.5 Å². The van der Waals surface area contributed by atoms with Crippen LogP contribution in [0.5, 0.6) is 0 Å². The molecule has 2 aromatic rings. The summed E-state index contributed by atoms with van der Waals surface area (Å²) in [7, 11) is 0. The van der Waals surface area contributed by atoms with Gasteiger partial charge in [0.1, 0.15) is 0 Å². The van der Waals surface area contributed by atoms with Crippen LogP contribution < -0.4 is 5.32 Å². The number of aryl methyl sites for hydroxylation is 1. The van der Waals surface area contributed by atoms with Crippen LogP contribution in [-0.4, -0.2) is 29.2 Å². The van der Waals surface area contributed by atoms with Crippen LogP contribution in [0, 0.1) is 0 Å².